The number of carbonyl (C=O) groups is 4. The summed E-state index contributed by atoms with van der Waals surface area (Å²) in [5.41, 5.74) is 0.189. The van der Waals surface area contributed by atoms with Gasteiger partial charge in [0.05, 0.1) is 37.6 Å². The molecule has 0 unspecified atom stereocenters. The first-order chi connectivity index (χ1) is 23.5. The van der Waals surface area contributed by atoms with Gasteiger partial charge in [0.25, 0.3) is 0 Å². The minimum absolute atomic E-state index is 0.0454. The lowest BCUT2D eigenvalue weighted by Gasteiger charge is -2.12. The lowest BCUT2D eigenvalue weighted by molar-refractivity contribution is -0.139. The van der Waals surface area contributed by atoms with Crippen LogP contribution in [0.4, 0.5) is 13.2 Å². The first-order valence-corrected chi connectivity index (χ1v) is 15.2. The normalized spacial score (nSPS) is 10.4. The van der Waals surface area contributed by atoms with Crippen molar-refractivity contribution in [2.24, 2.45) is 0 Å². The molecule has 0 atom stereocenters. The standard InChI is InChI=1S/C36H35F3O10/c1-4-30(40)46-21-9-20-45-27-16-12-25(13-17-27)36(43)49-33-28(37)22-29(31(38)32(33)39)48-35(42)24-10-14-26(15-11-24)44-18-7-5-6-8-19-47-34(41)23(2)3/h4,10-17,22H,1-2,5-9,18-21H2,3H3. The molecule has 0 aliphatic heterocycles. The highest BCUT2D eigenvalue weighted by Gasteiger charge is 2.26. The average Bonchev–Trinajstić information content (AvgIpc) is 3.10. The summed E-state index contributed by atoms with van der Waals surface area (Å²) in [5, 5.41) is 0. The Morgan fingerprint density at radius 2 is 1.18 bits per heavy atom. The van der Waals surface area contributed by atoms with Crippen LogP contribution < -0.4 is 18.9 Å². The third-order valence-electron chi connectivity index (χ3n) is 6.52. The molecule has 0 N–H and O–H groups in total. The summed E-state index contributed by atoms with van der Waals surface area (Å²) >= 11 is 0. The Labute approximate surface area is 281 Å². The summed E-state index contributed by atoms with van der Waals surface area (Å²) < 4.78 is 74.8. The molecule has 0 bridgehead atoms. The van der Waals surface area contributed by atoms with Crippen LogP contribution in [0.2, 0.25) is 0 Å². The Morgan fingerprint density at radius 1 is 0.673 bits per heavy atom. The number of esters is 4. The highest BCUT2D eigenvalue weighted by Crippen LogP contribution is 2.32. The molecule has 0 radical (unpaired) electrons. The van der Waals surface area contributed by atoms with Gasteiger partial charge in [0, 0.05) is 24.1 Å². The predicted octanol–water partition coefficient (Wildman–Crippen LogP) is 7.10. The van der Waals surface area contributed by atoms with Crippen LogP contribution in [-0.2, 0) is 19.1 Å². The van der Waals surface area contributed by atoms with E-state index < -0.39 is 52.8 Å². The van der Waals surface area contributed by atoms with Crippen molar-refractivity contribution >= 4 is 23.9 Å². The van der Waals surface area contributed by atoms with Gasteiger partial charge in [0.15, 0.2) is 11.6 Å². The summed E-state index contributed by atoms with van der Waals surface area (Å²) in [6.45, 7) is 9.41. The highest BCUT2D eigenvalue weighted by molar-refractivity contribution is 5.92. The van der Waals surface area contributed by atoms with E-state index in [1.54, 1.807) is 6.92 Å². The van der Waals surface area contributed by atoms with Crippen LogP contribution in [-0.4, -0.2) is 50.3 Å². The van der Waals surface area contributed by atoms with E-state index in [9.17, 15) is 32.3 Å². The van der Waals surface area contributed by atoms with Gasteiger partial charge in [-0.25, -0.2) is 23.6 Å². The quantitative estimate of drug-likeness (QED) is 0.0425. The van der Waals surface area contributed by atoms with Crippen molar-refractivity contribution in [1.29, 1.82) is 0 Å². The van der Waals surface area contributed by atoms with Gasteiger partial charge in [-0.05, 0) is 81.1 Å². The summed E-state index contributed by atoms with van der Waals surface area (Å²) in [5.74, 6) is -9.90. The van der Waals surface area contributed by atoms with Crippen molar-refractivity contribution in [2.45, 2.75) is 39.0 Å². The smallest absolute Gasteiger partial charge is 0.343 e. The molecule has 0 heterocycles. The van der Waals surface area contributed by atoms with Gasteiger partial charge >= 0.3 is 23.9 Å². The molecule has 3 aromatic carbocycles. The summed E-state index contributed by atoms with van der Waals surface area (Å²) in [4.78, 5) is 47.4. The van der Waals surface area contributed by atoms with Crippen LogP contribution >= 0.6 is 0 Å². The summed E-state index contributed by atoms with van der Waals surface area (Å²) in [7, 11) is 0. The topological polar surface area (TPSA) is 124 Å². The van der Waals surface area contributed by atoms with E-state index in [-0.39, 0.29) is 24.3 Å². The molecule has 0 amide bonds. The SMILES string of the molecule is C=CC(=O)OCCCOc1ccc(C(=O)Oc2c(F)cc(OC(=O)c3ccc(OCCCCCCOC(=O)C(=C)C)cc3)c(F)c2F)cc1. The molecule has 3 rings (SSSR count). The molecule has 0 aliphatic carbocycles. The van der Waals surface area contributed by atoms with E-state index in [4.69, 9.17) is 28.4 Å². The Morgan fingerprint density at radius 3 is 1.73 bits per heavy atom. The second-order valence-corrected chi connectivity index (χ2v) is 10.4. The lowest BCUT2D eigenvalue weighted by atomic mass is 10.2. The van der Waals surface area contributed by atoms with Crippen LogP contribution in [0.15, 0.2) is 79.4 Å². The molecule has 0 spiro atoms. The molecule has 3 aromatic rings. The second kappa shape index (κ2) is 19.3. The zero-order valence-corrected chi connectivity index (χ0v) is 26.8. The van der Waals surface area contributed by atoms with E-state index in [0.29, 0.717) is 49.2 Å². The molecule has 49 heavy (non-hydrogen) atoms. The number of carbonyl (C=O) groups excluding carboxylic acids is 4. The number of ether oxygens (including phenoxy) is 6. The fourth-order valence-electron chi connectivity index (χ4n) is 3.93. The van der Waals surface area contributed by atoms with Gasteiger partial charge in [-0.2, -0.15) is 8.78 Å². The number of benzene rings is 3. The van der Waals surface area contributed by atoms with Crippen LogP contribution in [0.25, 0.3) is 0 Å². The molecular weight excluding hydrogens is 649 g/mol. The van der Waals surface area contributed by atoms with E-state index >= 15 is 0 Å². The maximum absolute atomic E-state index is 14.8. The molecule has 10 nitrogen and oxygen atoms in total. The van der Waals surface area contributed by atoms with Gasteiger partial charge in [-0.1, -0.05) is 13.2 Å². The Balaban J connectivity index is 1.47. The Hall–Kier alpha value is -5.59. The maximum Gasteiger partial charge on any atom is 0.343 e. The molecule has 0 saturated heterocycles. The van der Waals surface area contributed by atoms with Gasteiger partial charge < -0.3 is 28.4 Å². The van der Waals surface area contributed by atoms with Crippen molar-refractivity contribution in [3.63, 3.8) is 0 Å². The number of halogens is 3. The predicted molar refractivity (Wildman–Crippen MR) is 170 cm³/mol. The van der Waals surface area contributed by atoms with Crippen LogP contribution in [0.1, 0.15) is 59.7 Å². The second-order valence-electron chi connectivity index (χ2n) is 10.4. The summed E-state index contributed by atoms with van der Waals surface area (Å²) in [6.07, 6.45) is 4.56. The fraction of sp³-hybridized carbons (Fsp3) is 0.278. The van der Waals surface area contributed by atoms with Gasteiger partial charge in [-0.3, -0.25) is 0 Å². The summed E-state index contributed by atoms with van der Waals surface area (Å²) in [6, 6.07) is 11.4. The molecule has 13 heteroatoms. The zero-order chi connectivity index (χ0) is 35.8. The molecule has 0 fully saturated rings. The average molecular weight is 685 g/mol. The first kappa shape index (κ1) is 37.9. The molecular formula is C36H35F3O10. The molecule has 260 valence electrons. The third kappa shape index (κ3) is 12.2. The number of rotatable bonds is 19. The molecule has 0 aromatic heterocycles. The molecule has 0 aliphatic rings. The van der Waals surface area contributed by atoms with Crippen LogP contribution in [0.5, 0.6) is 23.0 Å². The van der Waals surface area contributed by atoms with Gasteiger partial charge in [0.1, 0.15) is 11.5 Å². The fourth-order valence-corrected chi connectivity index (χ4v) is 3.93. The van der Waals surface area contributed by atoms with E-state index in [2.05, 4.69) is 13.2 Å². The van der Waals surface area contributed by atoms with Crippen molar-refractivity contribution in [1.82, 2.24) is 0 Å². The highest BCUT2D eigenvalue weighted by atomic mass is 19.2. The van der Waals surface area contributed by atoms with E-state index in [0.717, 1.165) is 25.3 Å². The Bertz CT molecular complexity index is 1640. The largest absolute Gasteiger partial charge is 0.494 e. The van der Waals surface area contributed by atoms with Gasteiger partial charge in [-0.15, -0.1) is 0 Å². The minimum atomic E-state index is -1.87. The monoisotopic (exact) mass is 684 g/mol. The Kier molecular flexibility index (Phi) is 14.9. The van der Waals surface area contributed by atoms with Crippen molar-refractivity contribution < 1.29 is 60.8 Å². The minimum Gasteiger partial charge on any atom is -0.494 e. The van der Waals surface area contributed by atoms with Crippen LogP contribution in [0, 0.1) is 17.5 Å². The van der Waals surface area contributed by atoms with Crippen molar-refractivity contribution in [3.05, 3.63) is 108 Å². The maximum atomic E-state index is 14.8. The zero-order valence-electron chi connectivity index (χ0n) is 26.8. The van der Waals surface area contributed by atoms with Crippen molar-refractivity contribution in [3.8, 4) is 23.0 Å². The number of hydrogen-bond acceptors (Lipinski definition) is 10. The van der Waals surface area contributed by atoms with E-state index in [1.165, 1.54) is 48.5 Å². The lowest BCUT2D eigenvalue weighted by Crippen LogP contribution is -2.14. The molecule has 0 saturated carbocycles. The first-order valence-electron chi connectivity index (χ1n) is 15.2. The van der Waals surface area contributed by atoms with E-state index in [1.807, 2.05) is 0 Å². The van der Waals surface area contributed by atoms with Crippen LogP contribution in [0.3, 0.4) is 0 Å². The van der Waals surface area contributed by atoms with Gasteiger partial charge in [0.2, 0.25) is 17.4 Å². The number of hydrogen-bond donors (Lipinski definition) is 0. The number of unbranched alkanes of at least 4 members (excludes halogenated alkanes) is 3. The third-order valence-corrected chi connectivity index (χ3v) is 6.52. The van der Waals surface area contributed by atoms with Crippen molar-refractivity contribution in [2.75, 3.05) is 26.4 Å².